The zero-order valence-electron chi connectivity index (χ0n) is 8.14. The molecule has 6 nitrogen and oxygen atoms in total. The summed E-state index contributed by atoms with van der Waals surface area (Å²) in [4.78, 5) is 19.2. The fourth-order valence-corrected chi connectivity index (χ4v) is 1.25. The molecule has 0 saturated heterocycles. The first kappa shape index (κ1) is 10.6. The number of aromatic nitrogens is 4. The summed E-state index contributed by atoms with van der Waals surface area (Å²) in [6, 6.07) is 0. The van der Waals surface area contributed by atoms with E-state index in [9.17, 15) is 4.79 Å². The fourth-order valence-electron chi connectivity index (χ4n) is 1.10. The Labute approximate surface area is 96.1 Å². The highest BCUT2D eigenvalue weighted by atomic mass is 35.5. The maximum atomic E-state index is 11.6. The fraction of sp³-hybridized carbons (Fsp3) is 0.111. The molecule has 0 spiro atoms. The van der Waals surface area contributed by atoms with Gasteiger partial charge in [0.15, 0.2) is 0 Å². The van der Waals surface area contributed by atoms with Gasteiger partial charge in [0.05, 0.1) is 18.6 Å². The lowest BCUT2D eigenvalue weighted by atomic mass is 10.3. The van der Waals surface area contributed by atoms with Gasteiger partial charge in [0.2, 0.25) is 0 Å². The van der Waals surface area contributed by atoms with Crippen molar-refractivity contribution in [2.24, 2.45) is 0 Å². The van der Waals surface area contributed by atoms with Crippen LogP contribution in [0.2, 0.25) is 5.15 Å². The molecule has 2 aromatic rings. The maximum Gasteiger partial charge on any atom is 0.271 e. The van der Waals surface area contributed by atoms with Crippen molar-refractivity contribution in [3.05, 3.63) is 41.2 Å². The van der Waals surface area contributed by atoms with Crippen LogP contribution in [0.25, 0.3) is 0 Å². The molecule has 2 N–H and O–H groups in total. The van der Waals surface area contributed by atoms with Gasteiger partial charge in [-0.15, -0.1) is 0 Å². The summed E-state index contributed by atoms with van der Waals surface area (Å²) < 4.78 is 0. The average molecular weight is 238 g/mol. The molecule has 2 heterocycles. The van der Waals surface area contributed by atoms with Gasteiger partial charge in [0.1, 0.15) is 10.8 Å². The number of amides is 1. The molecule has 0 fully saturated rings. The quantitative estimate of drug-likeness (QED) is 0.827. The Morgan fingerprint density at radius 3 is 3.00 bits per heavy atom. The van der Waals surface area contributed by atoms with Crippen LogP contribution in [-0.2, 0) is 6.54 Å². The zero-order valence-corrected chi connectivity index (χ0v) is 8.90. The number of nitrogens with zero attached hydrogens (tertiary/aromatic N) is 3. The molecule has 0 radical (unpaired) electrons. The molecule has 0 aliphatic heterocycles. The lowest BCUT2D eigenvalue weighted by molar-refractivity contribution is 0.0945. The van der Waals surface area contributed by atoms with E-state index in [1.54, 1.807) is 12.4 Å². The number of hydrogen-bond donors (Lipinski definition) is 2. The van der Waals surface area contributed by atoms with Crippen molar-refractivity contribution < 1.29 is 4.79 Å². The van der Waals surface area contributed by atoms with Crippen molar-refractivity contribution in [2.45, 2.75) is 6.54 Å². The smallest absolute Gasteiger partial charge is 0.271 e. The number of rotatable bonds is 3. The third kappa shape index (κ3) is 2.54. The normalized spacial score (nSPS) is 10.1. The SMILES string of the molecule is O=C(NCc1cn[nH]c1)c1cncc(Cl)n1. The molecule has 0 unspecified atom stereocenters. The maximum absolute atomic E-state index is 11.6. The molecule has 0 aliphatic carbocycles. The predicted octanol–water partition coefficient (Wildman–Crippen LogP) is 0.783. The number of hydrogen-bond acceptors (Lipinski definition) is 4. The van der Waals surface area contributed by atoms with E-state index in [1.165, 1.54) is 12.4 Å². The van der Waals surface area contributed by atoms with E-state index in [-0.39, 0.29) is 16.8 Å². The summed E-state index contributed by atoms with van der Waals surface area (Å²) in [5, 5.41) is 9.27. The van der Waals surface area contributed by atoms with Crippen molar-refractivity contribution in [1.29, 1.82) is 0 Å². The van der Waals surface area contributed by atoms with Gasteiger partial charge in [0, 0.05) is 18.3 Å². The summed E-state index contributed by atoms with van der Waals surface area (Å²) in [5.74, 6) is -0.323. The summed E-state index contributed by atoms with van der Waals surface area (Å²) in [5.41, 5.74) is 1.07. The Kier molecular flexibility index (Phi) is 3.11. The second-order valence-corrected chi connectivity index (χ2v) is 3.40. The molecular formula is C9H8ClN5O. The first-order chi connectivity index (χ1) is 7.75. The average Bonchev–Trinajstić information content (AvgIpc) is 2.78. The van der Waals surface area contributed by atoms with Gasteiger partial charge < -0.3 is 5.32 Å². The Bertz CT molecular complexity index is 484. The van der Waals surface area contributed by atoms with Crippen molar-refractivity contribution >= 4 is 17.5 Å². The van der Waals surface area contributed by atoms with Crippen LogP contribution < -0.4 is 5.32 Å². The topological polar surface area (TPSA) is 83.6 Å². The van der Waals surface area contributed by atoms with E-state index < -0.39 is 0 Å². The third-order valence-electron chi connectivity index (χ3n) is 1.85. The van der Waals surface area contributed by atoms with Crippen LogP contribution in [0, 0.1) is 0 Å². The molecule has 0 bridgehead atoms. The molecule has 0 saturated carbocycles. The highest BCUT2D eigenvalue weighted by Crippen LogP contribution is 2.02. The molecule has 82 valence electrons. The van der Waals surface area contributed by atoms with Crippen molar-refractivity contribution in [3.8, 4) is 0 Å². The molecule has 0 atom stereocenters. The molecule has 0 aliphatic rings. The van der Waals surface area contributed by atoms with E-state index in [0.29, 0.717) is 6.54 Å². The zero-order chi connectivity index (χ0) is 11.4. The van der Waals surface area contributed by atoms with Gasteiger partial charge in [-0.25, -0.2) is 4.98 Å². The standard InChI is InChI=1S/C9H8ClN5O/c10-8-5-11-4-7(15-8)9(16)12-1-6-2-13-14-3-6/h2-5H,1H2,(H,12,16)(H,13,14). The summed E-state index contributed by atoms with van der Waals surface area (Å²) in [6.45, 7) is 0.378. The van der Waals surface area contributed by atoms with Gasteiger partial charge in [-0.1, -0.05) is 11.6 Å². The van der Waals surface area contributed by atoms with E-state index in [2.05, 4.69) is 25.5 Å². The minimum Gasteiger partial charge on any atom is -0.346 e. The van der Waals surface area contributed by atoms with E-state index in [0.717, 1.165) is 5.56 Å². The second kappa shape index (κ2) is 4.71. The number of halogens is 1. The Balaban J connectivity index is 1.98. The van der Waals surface area contributed by atoms with Crippen LogP contribution in [0.3, 0.4) is 0 Å². The first-order valence-corrected chi connectivity index (χ1v) is 4.87. The summed E-state index contributed by atoms with van der Waals surface area (Å²) in [6.07, 6.45) is 6.05. The van der Waals surface area contributed by atoms with Gasteiger partial charge in [-0.3, -0.25) is 14.9 Å². The highest BCUT2D eigenvalue weighted by molar-refractivity contribution is 6.29. The number of nitrogens with one attached hydrogen (secondary N) is 2. The van der Waals surface area contributed by atoms with Gasteiger partial charge in [-0.2, -0.15) is 5.10 Å². The third-order valence-corrected chi connectivity index (χ3v) is 2.03. The predicted molar refractivity (Wildman–Crippen MR) is 56.8 cm³/mol. The molecule has 2 rings (SSSR count). The van der Waals surface area contributed by atoms with E-state index >= 15 is 0 Å². The minimum atomic E-state index is -0.323. The van der Waals surface area contributed by atoms with Crippen LogP contribution in [0.4, 0.5) is 0 Å². The summed E-state index contributed by atoms with van der Waals surface area (Å²) >= 11 is 5.62. The lowest BCUT2D eigenvalue weighted by Crippen LogP contribution is -2.23. The molecule has 16 heavy (non-hydrogen) atoms. The van der Waals surface area contributed by atoms with Crippen LogP contribution in [0.5, 0.6) is 0 Å². The van der Waals surface area contributed by atoms with Gasteiger partial charge in [-0.05, 0) is 0 Å². The number of H-pyrrole nitrogens is 1. The van der Waals surface area contributed by atoms with Crippen LogP contribution in [0.15, 0.2) is 24.8 Å². The lowest BCUT2D eigenvalue weighted by Gasteiger charge is -2.02. The van der Waals surface area contributed by atoms with Crippen LogP contribution in [0.1, 0.15) is 16.1 Å². The number of carbonyl (C=O) groups is 1. The first-order valence-electron chi connectivity index (χ1n) is 4.49. The highest BCUT2D eigenvalue weighted by Gasteiger charge is 2.07. The van der Waals surface area contributed by atoms with E-state index in [4.69, 9.17) is 11.6 Å². The molecular weight excluding hydrogens is 230 g/mol. The molecule has 7 heteroatoms. The summed E-state index contributed by atoms with van der Waals surface area (Å²) in [7, 11) is 0. The number of carbonyl (C=O) groups excluding carboxylic acids is 1. The van der Waals surface area contributed by atoms with Crippen LogP contribution in [-0.4, -0.2) is 26.1 Å². The van der Waals surface area contributed by atoms with Crippen molar-refractivity contribution in [2.75, 3.05) is 0 Å². The van der Waals surface area contributed by atoms with E-state index in [1.807, 2.05) is 0 Å². The molecule has 2 aromatic heterocycles. The van der Waals surface area contributed by atoms with Crippen molar-refractivity contribution in [1.82, 2.24) is 25.5 Å². The monoisotopic (exact) mass is 237 g/mol. The van der Waals surface area contributed by atoms with Crippen LogP contribution >= 0.6 is 11.6 Å². The minimum absolute atomic E-state index is 0.191. The van der Waals surface area contributed by atoms with Crippen molar-refractivity contribution in [3.63, 3.8) is 0 Å². The largest absolute Gasteiger partial charge is 0.346 e. The second-order valence-electron chi connectivity index (χ2n) is 3.02. The molecule has 0 aromatic carbocycles. The van der Waals surface area contributed by atoms with Gasteiger partial charge >= 0.3 is 0 Å². The Morgan fingerprint density at radius 1 is 1.44 bits per heavy atom. The molecule has 1 amide bonds. The Hall–Kier alpha value is -1.95. The number of aromatic amines is 1. The van der Waals surface area contributed by atoms with Gasteiger partial charge in [0.25, 0.3) is 5.91 Å². The Morgan fingerprint density at radius 2 is 2.31 bits per heavy atom.